The summed E-state index contributed by atoms with van der Waals surface area (Å²) >= 11 is 0. The molecule has 1 amide bonds. The summed E-state index contributed by atoms with van der Waals surface area (Å²) in [5.74, 6) is 1.47. The first kappa shape index (κ1) is 17.4. The highest BCUT2D eigenvalue weighted by Gasteiger charge is 2.34. The Bertz CT molecular complexity index is 996. The number of hydrogen-bond acceptors (Lipinski definition) is 4. The number of nitrogens with zero attached hydrogens (tertiary/aromatic N) is 2. The summed E-state index contributed by atoms with van der Waals surface area (Å²) in [6, 6.07) is 11.6. The quantitative estimate of drug-likeness (QED) is 0.762. The van der Waals surface area contributed by atoms with Gasteiger partial charge in [0.25, 0.3) is 5.91 Å². The molecule has 0 aliphatic carbocycles. The highest BCUT2D eigenvalue weighted by Crippen LogP contribution is 2.39. The van der Waals surface area contributed by atoms with Crippen LogP contribution in [0.1, 0.15) is 40.5 Å². The van der Waals surface area contributed by atoms with Gasteiger partial charge >= 0.3 is 0 Å². The molecule has 0 radical (unpaired) electrons. The van der Waals surface area contributed by atoms with Gasteiger partial charge in [0.1, 0.15) is 11.5 Å². The van der Waals surface area contributed by atoms with E-state index < -0.39 is 0 Å². The van der Waals surface area contributed by atoms with E-state index in [9.17, 15) is 4.79 Å². The summed E-state index contributed by atoms with van der Waals surface area (Å²) in [5, 5.41) is 8.15. The van der Waals surface area contributed by atoms with Crippen LogP contribution in [0.4, 0.5) is 0 Å². The van der Waals surface area contributed by atoms with Crippen molar-refractivity contribution in [3.63, 3.8) is 0 Å². The van der Waals surface area contributed by atoms with Crippen molar-refractivity contribution in [2.24, 2.45) is 0 Å². The highest BCUT2D eigenvalue weighted by molar-refractivity contribution is 6.05. The Morgan fingerprint density at radius 2 is 2.04 bits per heavy atom. The SMILES string of the molecule is COc1ccc(OC)c(C2CCCN2C(=O)c2n[nH]c3ccc(C)cc23)c1. The smallest absolute Gasteiger partial charge is 0.275 e. The van der Waals surface area contributed by atoms with Crippen molar-refractivity contribution >= 4 is 16.8 Å². The molecule has 1 fully saturated rings. The monoisotopic (exact) mass is 365 g/mol. The van der Waals surface area contributed by atoms with E-state index in [-0.39, 0.29) is 11.9 Å². The second-order valence-corrected chi connectivity index (χ2v) is 6.89. The van der Waals surface area contributed by atoms with E-state index in [4.69, 9.17) is 9.47 Å². The van der Waals surface area contributed by atoms with Crippen molar-refractivity contribution in [1.29, 1.82) is 0 Å². The molecule has 6 heteroatoms. The number of carbonyl (C=O) groups excluding carboxylic acids is 1. The average Bonchev–Trinajstić information content (AvgIpc) is 3.33. The van der Waals surface area contributed by atoms with E-state index in [1.807, 2.05) is 48.2 Å². The van der Waals surface area contributed by atoms with Crippen molar-refractivity contribution in [2.45, 2.75) is 25.8 Å². The minimum Gasteiger partial charge on any atom is -0.497 e. The molecule has 27 heavy (non-hydrogen) atoms. The van der Waals surface area contributed by atoms with E-state index >= 15 is 0 Å². The van der Waals surface area contributed by atoms with Gasteiger partial charge in [-0.25, -0.2) is 0 Å². The van der Waals surface area contributed by atoms with Gasteiger partial charge in [0, 0.05) is 17.5 Å². The van der Waals surface area contributed by atoms with Crippen molar-refractivity contribution in [3.8, 4) is 11.5 Å². The lowest BCUT2D eigenvalue weighted by molar-refractivity contribution is 0.0730. The van der Waals surface area contributed by atoms with Gasteiger partial charge in [-0.3, -0.25) is 9.89 Å². The Morgan fingerprint density at radius 3 is 2.81 bits per heavy atom. The zero-order valence-corrected chi connectivity index (χ0v) is 15.8. The van der Waals surface area contributed by atoms with Crippen LogP contribution in [-0.4, -0.2) is 41.8 Å². The number of likely N-dealkylation sites (tertiary alicyclic amines) is 1. The van der Waals surface area contributed by atoms with Crippen LogP contribution in [0.2, 0.25) is 0 Å². The Hall–Kier alpha value is -3.02. The molecule has 3 aromatic rings. The maximum Gasteiger partial charge on any atom is 0.275 e. The summed E-state index contributed by atoms with van der Waals surface area (Å²) in [6.45, 7) is 2.71. The highest BCUT2D eigenvalue weighted by atomic mass is 16.5. The standard InChI is InChI=1S/C21H23N3O3/c1-13-6-8-17-15(11-13)20(23-22-17)21(25)24-10-4-5-18(24)16-12-14(26-2)7-9-19(16)27-3/h6-9,11-12,18H,4-5,10H2,1-3H3,(H,22,23). The number of rotatable bonds is 4. The number of ether oxygens (including phenoxy) is 2. The largest absolute Gasteiger partial charge is 0.497 e. The van der Waals surface area contributed by atoms with Crippen LogP contribution in [0, 0.1) is 6.92 Å². The van der Waals surface area contributed by atoms with Gasteiger partial charge in [0.2, 0.25) is 0 Å². The third kappa shape index (κ3) is 3.01. The number of aromatic nitrogens is 2. The summed E-state index contributed by atoms with van der Waals surface area (Å²) in [6.07, 6.45) is 1.83. The zero-order valence-electron chi connectivity index (χ0n) is 15.8. The summed E-state index contributed by atoms with van der Waals surface area (Å²) in [7, 11) is 3.29. The van der Waals surface area contributed by atoms with Gasteiger partial charge < -0.3 is 14.4 Å². The van der Waals surface area contributed by atoms with Crippen LogP contribution in [0.3, 0.4) is 0 Å². The number of aryl methyl sites for hydroxylation is 1. The zero-order chi connectivity index (χ0) is 19.0. The second kappa shape index (κ2) is 6.95. The first-order chi connectivity index (χ1) is 13.1. The molecule has 1 N–H and O–H groups in total. The van der Waals surface area contributed by atoms with E-state index in [0.29, 0.717) is 12.2 Å². The molecule has 2 heterocycles. The van der Waals surface area contributed by atoms with E-state index in [1.54, 1.807) is 14.2 Å². The number of methoxy groups -OCH3 is 2. The number of nitrogens with one attached hydrogen (secondary N) is 1. The molecule has 1 aliphatic rings. The van der Waals surface area contributed by atoms with Crippen LogP contribution < -0.4 is 9.47 Å². The Morgan fingerprint density at radius 1 is 1.19 bits per heavy atom. The maximum absolute atomic E-state index is 13.3. The van der Waals surface area contributed by atoms with Gasteiger partial charge in [0.15, 0.2) is 5.69 Å². The van der Waals surface area contributed by atoms with E-state index in [1.165, 1.54) is 0 Å². The molecule has 1 unspecified atom stereocenters. The molecule has 1 atom stereocenters. The number of fused-ring (bicyclic) bond motifs is 1. The molecule has 0 bridgehead atoms. The molecule has 4 rings (SSSR count). The fourth-order valence-corrected chi connectivity index (χ4v) is 3.86. The lowest BCUT2D eigenvalue weighted by Gasteiger charge is -2.26. The predicted octanol–water partition coefficient (Wildman–Crippen LogP) is 3.87. The van der Waals surface area contributed by atoms with Crippen LogP contribution in [0.5, 0.6) is 11.5 Å². The minimum absolute atomic E-state index is 0.0563. The molecule has 1 aliphatic heterocycles. The van der Waals surface area contributed by atoms with Crippen LogP contribution in [-0.2, 0) is 0 Å². The normalized spacial score (nSPS) is 16.7. The predicted molar refractivity (Wildman–Crippen MR) is 103 cm³/mol. The summed E-state index contributed by atoms with van der Waals surface area (Å²) < 4.78 is 10.9. The van der Waals surface area contributed by atoms with Crippen molar-refractivity contribution in [3.05, 3.63) is 53.2 Å². The van der Waals surface area contributed by atoms with Gasteiger partial charge in [-0.2, -0.15) is 5.10 Å². The number of amides is 1. The first-order valence-electron chi connectivity index (χ1n) is 9.10. The fraction of sp³-hybridized carbons (Fsp3) is 0.333. The van der Waals surface area contributed by atoms with Gasteiger partial charge in [-0.15, -0.1) is 0 Å². The van der Waals surface area contributed by atoms with Crippen molar-refractivity contribution in [1.82, 2.24) is 15.1 Å². The van der Waals surface area contributed by atoms with Gasteiger partial charge in [-0.1, -0.05) is 11.6 Å². The lowest BCUT2D eigenvalue weighted by atomic mass is 10.0. The topological polar surface area (TPSA) is 67.5 Å². The average molecular weight is 365 g/mol. The number of aromatic amines is 1. The van der Waals surface area contributed by atoms with Gasteiger partial charge in [0.05, 0.1) is 25.8 Å². The molecule has 2 aromatic carbocycles. The Kier molecular flexibility index (Phi) is 4.48. The first-order valence-corrected chi connectivity index (χ1v) is 9.10. The third-order valence-electron chi connectivity index (χ3n) is 5.23. The molecule has 1 aromatic heterocycles. The van der Waals surface area contributed by atoms with E-state index in [0.717, 1.165) is 46.4 Å². The molecule has 0 saturated carbocycles. The third-order valence-corrected chi connectivity index (χ3v) is 5.23. The number of carbonyl (C=O) groups is 1. The lowest BCUT2D eigenvalue weighted by Crippen LogP contribution is -2.31. The maximum atomic E-state index is 13.3. The second-order valence-electron chi connectivity index (χ2n) is 6.89. The molecule has 1 saturated heterocycles. The molecular weight excluding hydrogens is 342 g/mol. The number of H-pyrrole nitrogens is 1. The summed E-state index contributed by atoms with van der Waals surface area (Å²) in [4.78, 5) is 15.2. The van der Waals surface area contributed by atoms with Crippen molar-refractivity contribution in [2.75, 3.05) is 20.8 Å². The van der Waals surface area contributed by atoms with Crippen LogP contribution in [0.25, 0.3) is 10.9 Å². The Balaban J connectivity index is 1.73. The molecular formula is C21H23N3O3. The molecule has 0 spiro atoms. The number of hydrogen-bond donors (Lipinski definition) is 1. The van der Waals surface area contributed by atoms with Crippen molar-refractivity contribution < 1.29 is 14.3 Å². The summed E-state index contributed by atoms with van der Waals surface area (Å²) in [5.41, 5.74) is 3.42. The van der Waals surface area contributed by atoms with Crippen LogP contribution in [0.15, 0.2) is 36.4 Å². The Labute approximate surface area is 158 Å². The minimum atomic E-state index is -0.0564. The van der Waals surface area contributed by atoms with Crippen LogP contribution >= 0.6 is 0 Å². The molecule has 140 valence electrons. The van der Waals surface area contributed by atoms with Gasteiger partial charge in [-0.05, 0) is 50.1 Å². The van der Waals surface area contributed by atoms with E-state index in [2.05, 4.69) is 10.2 Å². The fourth-order valence-electron chi connectivity index (χ4n) is 3.86. The molecule has 6 nitrogen and oxygen atoms in total. The number of benzene rings is 2.